The van der Waals surface area contributed by atoms with Crippen molar-refractivity contribution in [2.75, 3.05) is 12.4 Å². The SMILES string of the molecule is COC(=O)C[C@H](CCBr)[C@H](NC(=O)C(F)(F)F)C(=O)OC(C)(C)C. The number of amides is 1. The van der Waals surface area contributed by atoms with E-state index in [4.69, 9.17) is 4.74 Å². The Hall–Kier alpha value is -1.32. The van der Waals surface area contributed by atoms with Crippen LogP contribution < -0.4 is 5.32 Å². The highest BCUT2D eigenvalue weighted by atomic mass is 79.9. The first-order valence-corrected chi connectivity index (χ1v) is 8.17. The van der Waals surface area contributed by atoms with Gasteiger partial charge in [-0.15, -0.1) is 0 Å². The summed E-state index contributed by atoms with van der Waals surface area (Å²) in [5, 5.41) is 1.93. The topological polar surface area (TPSA) is 81.7 Å². The summed E-state index contributed by atoms with van der Waals surface area (Å²) >= 11 is 3.11. The molecule has 0 aliphatic heterocycles. The van der Waals surface area contributed by atoms with E-state index in [9.17, 15) is 27.6 Å². The quantitative estimate of drug-likeness (QED) is 0.505. The second-order valence-corrected chi connectivity index (χ2v) is 6.79. The standard InChI is InChI=1S/C14H21BrF3NO5/c1-13(2,3)24-11(21)10(19-12(22)14(16,17)18)8(5-6-15)7-9(20)23-4/h8,10H,5-7H2,1-4H3,(H,19,22)/t8-,10-/m0/s1. The second kappa shape index (κ2) is 9.24. The van der Waals surface area contributed by atoms with Crippen LogP contribution in [0.2, 0.25) is 0 Å². The van der Waals surface area contributed by atoms with Gasteiger partial charge in [-0.25, -0.2) is 4.79 Å². The number of methoxy groups -OCH3 is 1. The maximum absolute atomic E-state index is 12.5. The average Bonchev–Trinajstić information content (AvgIpc) is 2.40. The van der Waals surface area contributed by atoms with Crippen molar-refractivity contribution >= 4 is 33.8 Å². The van der Waals surface area contributed by atoms with Crippen LogP contribution in [-0.4, -0.2) is 48.1 Å². The summed E-state index contributed by atoms with van der Waals surface area (Å²) in [4.78, 5) is 34.9. The summed E-state index contributed by atoms with van der Waals surface area (Å²) in [5.41, 5.74) is -0.970. The number of nitrogens with one attached hydrogen (secondary N) is 1. The molecule has 10 heteroatoms. The lowest BCUT2D eigenvalue weighted by atomic mass is 9.93. The third-order valence-corrected chi connectivity index (χ3v) is 3.27. The first-order valence-electron chi connectivity index (χ1n) is 7.05. The van der Waals surface area contributed by atoms with Crippen molar-refractivity contribution < 1.29 is 37.0 Å². The molecule has 0 spiro atoms. The smallest absolute Gasteiger partial charge is 0.469 e. The zero-order valence-electron chi connectivity index (χ0n) is 13.8. The number of esters is 2. The molecule has 0 saturated carbocycles. The van der Waals surface area contributed by atoms with Crippen molar-refractivity contribution in [1.82, 2.24) is 5.32 Å². The summed E-state index contributed by atoms with van der Waals surface area (Å²) in [6.45, 7) is 4.61. The maximum atomic E-state index is 12.5. The largest absolute Gasteiger partial charge is 0.471 e. The van der Waals surface area contributed by atoms with Crippen LogP contribution in [0.25, 0.3) is 0 Å². The summed E-state index contributed by atoms with van der Waals surface area (Å²) < 4.78 is 47.1. The normalized spacial score (nSPS) is 14.5. The molecule has 140 valence electrons. The molecule has 0 aromatic carbocycles. The molecule has 0 aliphatic carbocycles. The Kier molecular flexibility index (Phi) is 8.73. The van der Waals surface area contributed by atoms with Gasteiger partial charge < -0.3 is 14.8 Å². The van der Waals surface area contributed by atoms with Gasteiger partial charge in [0, 0.05) is 11.2 Å². The highest BCUT2D eigenvalue weighted by Gasteiger charge is 2.43. The van der Waals surface area contributed by atoms with Gasteiger partial charge in [-0.1, -0.05) is 15.9 Å². The minimum absolute atomic E-state index is 0.150. The van der Waals surface area contributed by atoms with Gasteiger partial charge in [0.15, 0.2) is 0 Å². The van der Waals surface area contributed by atoms with Crippen molar-refractivity contribution in [2.24, 2.45) is 5.92 Å². The fraction of sp³-hybridized carbons (Fsp3) is 0.786. The number of halogens is 4. The molecule has 0 unspecified atom stereocenters. The molecule has 6 nitrogen and oxygen atoms in total. The van der Waals surface area contributed by atoms with Gasteiger partial charge in [-0.3, -0.25) is 9.59 Å². The van der Waals surface area contributed by atoms with Gasteiger partial charge in [0.25, 0.3) is 0 Å². The van der Waals surface area contributed by atoms with E-state index in [1.54, 1.807) is 5.32 Å². The number of carbonyl (C=O) groups excluding carboxylic acids is 3. The Labute approximate surface area is 146 Å². The fourth-order valence-electron chi connectivity index (χ4n) is 1.78. The maximum Gasteiger partial charge on any atom is 0.471 e. The fourth-order valence-corrected chi connectivity index (χ4v) is 2.37. The van der Waals surface area contributed by atoms with Crippen molar-refractivity contribution in [2.45, 2.75) is 51.4 Å². The molecule has 0 bridgehead atoms. The molecular weight excluding hydrogens is 399 g/mol. The summed E-state index contributed by atoms with van der Waals surface area (Å²) in [7, 11) is 1.12. The zero-order chi connectivity index (χ0) is 19.1. The van der Waals surface area contributed by atoms with Crippen molar-refractivity contribution in [1.29, 1.82) is 0 Å². The second-order valence-electron chi connectivity index (χ2n) is 6.00. The summed E-state index contributed by atoms with van der Waals surface area (Å²) in [6.07, 6.45) is -5.36. The molecular formula is C14H21BrF3NO5. The van der Waals surface area contributed by atoms with E-state index in [1.807, 2.05) is 0 Å². The van der Waals surface area contributed by atoms with Gasteiger partial charge in [0.1, 0.15) is 11.6 Å². The van der Waals surface area contributed by atoms with E-state index in [1.165, 1.54) is 20.8 Å². The van der Waals surface area contributed by atoms with E-state index in [0.717, 1.165) is 7.11 Å². The first kappa shape index (κ1) is 22.7. The van der Waals surface area contributed by atoms with Crippen LogP contribution in [0.15, 0.2) is 0 Å². The monoisotopic (exact) mass is 419 g/mol. The van der Waals surface area contributed by atoms with E-state index in [-0.39, 0.29) is 12.8 Å². The third-order valence-electron chi connectivity index (χ3n) is 2.81. The molecule has 0 aromatic heterocycles. The molecule has 0 radical (unpaired) electrons. The molecule has 0 saturated heterocycles. The van der Waals surface area contributed by atoms with Crippen LogP contribution in [0.3, 0.4) is 0 Å². The van der Waals surface area contributed by atoms with Gasteiger partial charge in [-0.2, -0.15) is 13.2 Å². The van der Waals surface area contributed by atoms with E-state index in [2.05, 4.69) is 20.7 Å². The van der Waals surface area contributed by atoms with Crippen LogP contribution in [0, 0.1) is 5.92 Å². The summed E-state index contributed by atoms with van der Waals surface area (Å²) in [5.74, 6) is -4.95. The van der Waals surface area contributed by atoms with Crippen molar-refractivity contribution in [3.05, 3.63) is 0 Å². The number of carbonyl (C=O) groups is 3. The number of ether oxygens (including phenoxy) is 2. The lowest BCUT2D eigenvalue weighted by molar-refractivity contribution is -0.178. The molecule has 2 atom stereocenters. The van der Waals surface area contributed by atoms with Gasteiger partial charge >= 0.3 is 24.0 Å². The average molecular weight is 420 g/mol. The Morgan fingerprint density at radius 1 is 1.17 bits per heavy atom. The lowest BCUT2D eigenvalue weighted by Crippen LogP contribution is -2.52. The van der Waals surface area contributed by atoms with Crippen LogP contribution in [0.4, 0.5) is 13.2 Å². The van der Waals surface area contributed by atoms with Crippen LogP contribution in [-0.2, 0) is 23.9 Å². The van der Waals surface area contributed by atoms with Crippen LogP contribution >= 0.6 is 15.9 Å². The molecule has 0 aliphatic rings. The Morgan fingerprint density at radius 2 is 1.71 bits per heavy atom. The number of hydrogen-bond donors (Lipinski definition) is 1. The molecule has 0 rings (SSSR count). The minimum Gasteiger partial charge on any atom is -0.469 e. The molecule has 0 heterocycles. The molecule has 0 fully saturated rings. The molecule has 1 N–H and O–H groups in total. The number of alkyl halides is 4. The van der Waals surface area contributed by atoms with Gasteiger partial charge in [0.05, 0.1) is 13.5 Å². The Balaban J connectivity index is 5.49. The van der Waals surface area contributed by atoms with Gasteiger partial charge in [0.2, 0.25) is 0 Å². The molecule has 24 heavy (non-hydrogen) atoms. The third kappa shape index (κ3) is 8.51. The minimum atomic E-state index is -5.16. The molecule has 0 aromatic rings. The van der Waals surface area contributed by atoms with Crippen LogP contribution in [0.1, 0.15) is 33.6 Å². The zero-order valence-corrected chi connectivity index (χ0v) is 15.4. The Morgan fingerprint density at radius 3 is 2.08 bits per heavy atom. The van der Waals surface area contributed by atoms with Crippen molar-refractivity contribution in [3.63, 3.8) is 0 Å². The molecule has 1 amide bonds. The summed E-state index contributed by atoms with van der Waals surface area (Å²) in [6, 6.07) is -1.63. The predicted octanol–water partition coefficient (Wildman–Crippen LogP) is 2.34. The highest BCUT2D eigenvalue weighted by molar-refractivity contribution is 9.09. The first-order chi connectivity index (χ1) is 10.8. The van der Waals surface area contributed by atoms with Gasteiger partial charge in [-0.05, 0) is 27.2 Å². The van der Waals surface area contributed by atoms with E-state index < -0.39 is 41.6 Å². The number of rotatable bonds is 7. The Bertz CT molecular complexity index is 462. The number of hydrogen-bond acceptors (Lipinski definition) is 5. The van der Waals surface area contributed by atoms with E-state index in [0.29, 0.717) is 5.33 Å². The highest BCUT2D eigenvalue weighted by Crippen LogP contribution is 2.22. The van der Waals surface area contributed by atoms with Crippen LogP contribution in [0.5, 0.6) is 0 Å². The van der Waals surface area contributed by atoms with Crippen molar-refractivity contribution in [3.8, 4) is 0 Å². The van der Waals surface area contributed by atoms with E-state index >= 15 is 0 Å². The predicted molar refractivity (Wildman–Crippen MR) is 82.4 cm³/mol. The lowest BCUT2D eigenvalue weighted by Gasteiger charge is -2.29.